The average molecular weight is 482 g/mol. The van der Waals surface area contributed by atoms with Crippen molar-refractivity contribution in [3.05, 3.63) is 93.4 Å². The van der Waals surface area contributed by atoms with Crippen LogP contribution in [0.3, 0.4) is 0 Å². The lowest BCUT2D eigenvalue weighted by molar-refractivity contribution is -0.120. The first kappa shape index (κ1) is 23.7. The molecule has 0 saturated carbocycles. The van der Waals surface area contributed by atoms with Gasteiger partial charge in [-0.3, -0.25) is 14.2 Å². The summed E-state index contributed by atoms with van der Waals surface area (Å²) >= 11 is 0. The maximum atomic E-state index is 13.7. The summed E-state index contributed by atoms with van der Waals surface area (Å²) in [7, 11) is 0. The Kier molecular flexibility index (Phi) is 6.55. The van der Waals surface area contributed by atoms with Crippen LogP contribution in [0.5, 0.6) is 0 Å². The van der Waals surface area contributed by atoms with E-state index in [9.17, 15) is 9.59 Å². The van der Waals surface area contributed by atoms with E-state index in [1.54, 1.807) is 10.8 Å². The van der Waals surface area contributed by atoms with Crippen LogP contribution in [0.15, 0.2) is 65.6 Å². The molecule has 7 heteroatoms. The quantitative estimate of drug-likeness (QED) is 0.450. The molecule has 1 unspecified atom stereocenters. The fourth-order valence-electron chi connectivity index (χ4n) is 4.91. The number of rotatable bonds is 5. The Hall–Kier alpha value is -4.00. The molecule has 1 amide bonds. The van der Waals surface area contributed by atoms with Gasteiger partial charge in [-0.1, -0.05) is 48.0 Å². The molecule has 36 heavy (non-hydrogen) atoms. The minimum absolute atomic E-state index is 0.0143. The molecule has 4 aromatic rings. The second kappa shape index (κ2) is 9.93. The molecule has 0 radical (unpaired) electrons. The Morgan fingerprint density at radius 2 is 1.78 bits per heavy atom. The van der Waals surface area contributed by atoms with E-state index in [1.807, 2.05) is 80.3 Å². The molecule has 184 valence electrons. The summed E-state index contributed by atoms with van der Waals surface area (Å²) in [6.07, 6.45) is 3.28. The summed E-state index contributed by atoms with van der Waals surface area (Å²) < 4.78 is 1.70. The van der Waals surface area contributed by atoms with Gasteiger partial charge in [-0.2, -0.15) is 0 Å². The van der Waals surface area contributed by atoms with Gasteiger partial charge in [0.1, 0.15) is 5.52 Å². The fourth-order valence-corrected chi connectivity index (χ4v) is 4.91. The standard InChI is InChI=1S/C29H31N5O2/c1-19-11-13-22(14-12-19)17-34-26-24(10-5-15-30-26)31-27(29(34)36)33-16-6-9-23(18-33)28(35)32-25-20(2)7-4-8-21(25)3/h4-5,7-8,10-15,23H,6,9,16-18H2,1-3H3,(H,32,35). The molecule has 1 atom stereocenters. The first-order valence-corrected chi connectivity index (χ1v) is 12.4. The van der Waals surface area contributed by atoms with Crippen LogP contribution in [0.1, 0.15) is 35.1 Å². The number of hydrogen-bond donors (Lipinski definition) is 1. The topological polar surface area (TPSA) is 80.1 Å². The monoisotopic (exact) mass is 481 g/mol. The largest absolute Gasteiger partial charge is 0.351 e. The molecule has 2 aromatic heterocycles. The summed E-state index contributed by atoms with van der Waals surface area (Å²) in [5, 5.41) is 3.13. The number of nitrogens with zero attached hydrogens (tertiary/aromatic N) is 4. The third kappa shape index (κ3) is 4.73. The number of carbonyl (C=O) groups excluding carboxylic acids is 1. The van der Waals surface area contributed by atoms with Gasteiger partial charge in [0.05, 0.1) is 12.5 Å². The van der Waals surface area contributed by atoms with E-state index < -0.39 is 0 Å². The number of piperidine rings is 1. The Bertz CT molecular complexity index is 1460. The molecular formula is C29H31N5O2. The van der Waals surface area contributed by atoms with Gasteiger partial charge < -0.3 is 10.2 Å². The molecule has 0 bridgehead atoms. The third-order valence-electron chi connectivity index (χ3n) is 6.97. The van der Waals surface area contributed by atoms with Crippen LogP contribution in [0.25, 0.3) is 11.2 Å². The normalized spacial score (nSPS) is 15.8. The van der Waals surface area contributed by atoms with E-state index in [0.29, 0.717) is 36.6 Å². The maximum Gasteiger partial charge on any atom is 0.295 e. The van der Waals surface area contributed by atoms with Crippen molar-refractivity contribution in [2.45, 2.75) is 40.2 Å². The number of amides is 1. The highest BCUT2D eigenvalue weighted by atomic mass is 16.2. The van der Waals surface area contributed by atoms with Gasteiger partial charge in [-0.05, 0) is 62.4 Å². The number of pyridine rings is 1. The summed E-state index contributed by atoms with van der Waals surface area (Å²) in [4.78, 5) is 38.1. The highest BCUT2D eigenvalue weighted by Crippen LogP contribution is 2.25. The predicted molar refractivity (Wildman–Crippen MR) is 144 cm³/mol. The number of aromatic nitrogens is 3. The number of aryl methyl sites for hydroxylation is 3. The summed E-state index contributed by atoms with van der Waals surface area (Å²) in [5.74, 6) is 0.140. The number of nitrogens with one attached hydrogen (secondary N) is 1. The van der Waals surface area contributed by atoms with Crippen LogP contribution in [-0.2, 0) is 11.3 Å². The average Bonchev–Trinajstić information content (AvgIpc) is 2.89. The number of anilines is 2. The molecule has 1 aliphatic rings. The van der Waals surface area contributed by atoms with Gasteiger partial charge in [0, 0.05) is 25.0 Å². The predicted octanol–water partition coefficient (Wildman–Crippen LogP) is 4.62. The van der Waals surface area contributed by atoms with Gasteiger partial charge in [0.25, 0.3) is 5.56 Å². The molecule has 7 nitrogen and oxygen atoms in total. The molecule has 1 aliphatic heterocycles. The van der Waals surface area contributed by atoms with Crippen molar-refractivity contribution in [2.24, 2.45) is 5.92 Å². The Morgan fingerprint density at radius 3 is 2.53 bits per heavy atom. The lowest BCUT2D eigenvalue weighted by Gasteiger charge is -2.33. The first-order chi connectivity index (χ1) is 17.4. The highest BCUT2D eigenvalue weighted by molar-refractivity contribution is 5.94. The van der Waals surface area contributed by atoms with Crippen LogP contribution < -0.4 is 15.8 Å². The molecule has 0 aliphatic carbocycles. The minimum Gasteiger partial charge on any atom is -0.351 e. The maximum absolute atomic E-state index is 13.7. The second-order valence-corrected chi connectivity index (χ2v) is 9.70. The van der Waals surface area contributed by atoms with Crippen LogP contribution in [-0.4, -0.2) is 33.5 Å². The summed E-state index contributed by atoms with van der Waals surface area (Å²) in [6, 6.07) is 17.9. The van der Waals surface area contributed by atoms with Crippen LogP contribution >= 0.6 is 0 Å². The zero-order valence-electron chi connectivity index (χ0n) is 21.0. The van der Waals surface area contributed by atoms with Crippen molar-refractivity contribution in [1.29, 1.82) is 0 Å². The Morgan fingerprint density at radius 1 is 1.03 bits per heavy atom. The van der Waals surface area contributed by atoms with Gasteiger partial charge in [0.15, 0.2) is 11.5 Å². The molecule has 2 aromatic carbocycles. The van der Waals surface area contributed by atoms with E-state index in [1.165, 1.54) is 5.56 Å². The van der Waals surface area contributed by atoms with Gasteiger partial charge in [-0.25, -0.2) is 9.97 Å². The van der Waals surface area contributed by atoms with Crippen LogP contribution in [0, 0.1) is 26.7 Å². The molecule has 5 rings (SSSR count). The van der Waals surface area contributed by atoms with Crippen LogP contribution in [0.4, 0.5) is 11.5 Å². The van der Waals surface area contributed by atoms with Crippen molar-refractivity contribution in [1.82, 2.24) is 14.5 Å². The third-order valence-corrected chi connectivity index (χ3v) is 6.97. The van der Waals surface area contributed by atoms with E-state index in [0.717, 1.165) is 35.2 Å². The zero-order valence-corrected chi connectivity index (χ0v) is 21.0. The van der Waals surface area contributed by atoms with Crippen molar-refractivity contribution in [3.63, 3.8) is 0 Å². The molecule has 3 heterocycles. The number of para-hydroxylation sites is 1. The van der Waals surface area contributed by atoms with E-state index >= 15 is 0 Å². The number of fused-ring (bicyclic) bond motifs is 1. The second-order valence-electron chi connectivity index (χ2n) is 9.70. The summed E-state index contributed by atoms with van der Waals surface area (Å²) in [5.41, 5.74) is 6.19. The lowest BCUT2D eigenvalue weighted by atomic mass is 9.96. The Balaban J connectivity index is 1.45. The SMILES string of the molecule is Cc1ccc(Cn2c(=O)c(N3CCCC(C(=O)Nc4c(C)cccc4C)C3)nc3cccnc32)cc1. The molecular weight excluding hydrogens is 450 g/mol. The van der Waals surface area contributed by atoms with Crippen molar-refractivity contribution in [3.8, 4) is 0 Å². The summed E-state index contributed by atoms with van der Waals surface area (Å²) in [6.45, 7) is 7.59. The van der Waals surface area contributed by atoms with Gasteiger partial charge in [0.2, 0.25) is 5.91 Å². The molecule has 0 spiro atoms. The smallest absolute Gasteiger partial charge is 0.295 e. The van der Waals surface area contributed by atoms with E-state index in [-0.39, 0.29) is 17.4 Å². The first-order valence-electron chi connectivity index (χ1n) is 12.4. The molecule has 1 fully saturated rings. The zero-order chi connectivity index (χ0) is 25.2. The number of carbonyl (C=O) groups is 1. The Labute approximate surface area is 210 Å². The van der Waals surface area contributed by atoms with Gasteiger partial charge in [-0.15, -0.1) is 0 Å². The van der Waals surface area contributed by atoms with Crippen LogP contribution in [0.2, 0.25) is 0 Å². The van der Waals surface area contributed by atoms with Gasteiger partial charge >= 0.3 is 0 Å². The highest BCUT2D eigenvalue weighted by Gasteiger charge is 2.29. The number of hydrogen-bond acceptors (Lipinski definition) is 5. The minimum atomic E-state index is -0.228. The fraction of sp³-hybridized carbons (Fsp3) is 0.310. The molecule has 1 saturated heterocycles. The van der Waals surface area contributed by atoms with E-state index in [2.05, 4.69) is 10.3 Å². The van der Waals surface area contributed by atoms with Crippen molar-refractivity contribution < 1.29 is 4.79 Å². The number of benzene rings is 2. The molecule has 1 N–H and O–H groups in total. The van der Waals surface area contributed by atoms with Crippen molar-refractivity contribution in [2.75, 3.05) is 23.3 Å². The lowest BCUT2D eigenvalue weighted by Crippen LogP contribution is -2.44. The van der Waals surface area contributed by atoms with Crippen molar-refractivity contribution >= 4 is 28.6 Å². The van der Waals surface area contributed by atoms with E-state index in [4.69, 9.17) is 4.98 Å².